The fourth-order valence-electron chi connectivity index (χ4n) is 1.36. The first-order chi connectivity index (χ1) is 8.58. The summed E-state index contributed by atoms with van der Waals surface area (Å²) in [6.45, 7) is 0.412. The normalized spacial score (nSPS) is 9.89. The summed E-state index contributed by atoms with van der Waals surface area (Å²) in [5.74, 6) is -1.30. The Labute approximate surface area is 104 Å². The molecule has 6 nitrogen and oxygen atoms in total. The van der Waals surface area contributed by atoms with E-state index in [1.165, 1.54) is 25.3 Å². The maximum atomic E-state index is 11.4. The van der Waals surface area contributed by atoms with E-state index in [9.17, 15) is 14.7 Å². The van der Waals surface area contributed by atoms with Gasteiger partial charge in [-0.1, -0.05) is 6.07 Å². The van der Waals surface area contributed by atoms with E-state index in [0.29, 0.717) is 5.56 Å². The minimum Gasteiger partial charge on any atom is -0.507 e. The average Bonchev–Trinajstić information content (AvgIpc) is 2.37. The molecule has 18 heavy (non-hydrogen) atoms. The molecule has 0 fully saturated rings. The minimum absolute atomic E-state index is 0.00424. The Morgan fingerprint density at radius 1 is 1.39 bits per heavy atom. The third kappa shape index (κ3) is 3.74. The maximum Gasteiger partial charge on any atom is 0.341 e. The number of carbonyl (C=O) groups is 2. The van der Waals surface area contributed by atoms with Crippen LogP contribution in [0.4, 0.5) is 0 Å². The van der Waals surface area contributed by atoms with Crippen LogP contribution < -0.4 is 5.73 Å². The van der Waals surface area contributed by atoms with Crippen LogP contribution in [0.2, 0.25) is 0 Å². The lowest BCUT2D eigenvalue weighted by atomic mass is 10.1. The Kier molecular flexibility index (Phi) is 5.13. The lowest BCUT2D eigenvalue weighted by Gasteiger charge is -2.06. The van der Waals surface area contributed by atoms with E-state index in [4.69, 9.17) is 10.5 Å². The second-order valence-corrected chi connectivity index (χ2v) is 3.53. The van der Waals surface area contributed by atoms with Crippen LogP contribution in [0.5, 0.6) is 5.75 Å². The molecule has 0 aliphatic heterocycles. The van der Waals surface area contributed by atoms with E-state index in [2.05, 4.69) is 4.74 Å². The van der Waals surface area contributed by atoms with Gasteiger partial charge in [0, 0.05) is 6.54 Å². The zero-order valence-electron chi connectivity index (χ0n) is 10.0. The van der Waals surface area contributed by atoms with Gasteiger partial charge in [0.25, 0.3) is 0 Å². The van der Waals surface area contributed by atoms with Gasteiger partial charge >= 0.3 is 11.9 Å². The zero-order chi connectivity index (χ0) is 13.5. The largest absolute Gasteiger partial charge is 0.507 e. The third-order valence-corrected chi connectivity index (χ3v) is 2.20. The van der Waals surface area contributed by atoms with Crippen molar-refractivity contribution in [3.8, 4) is 5.75 Å². The summed E-state index contributed by atoms with van der Waals surface area (Å²) in [4.78, 5) is 22.7. The van der Waals surface area contributed by atoms with Crippen LogP contribution in [0.1, 0.15) is 15.9 Å². The van der Waals surface area contributed by atoms with Crippen molar-refractivity contribution in [2.75, 3.05) is 20.3 Å². The predicted octanol–water partition coefficient (Wildman–Crippen LogP) is 0.223. The smallest absolute Gasteiger partial charge is 0.341 e. The zero-order valence-corrected chi connectivity index (χ0v) is 10.0. The highest BCUT2D eigenvalue weighted by Crippen LogP contribution is 2.19. The molecule has 1 aromatic rings. The van der Waals surface area contributed by atoms with Crippen molar-refractivity contribution in [3.63, 3.8) is 0 Å². The van der Waals surface area contributed by atoms with Crippen molar-refractivity contribution in [3.05, 3.63) is 29.3 Å². The van der Waals surface area contributed by atoms with Crippen molar-refractivity contribution < 1.29 is 24.2 Å². The molecular formula is C12H15NO5. The number of nitrogens with two attached hydrogens (primary N) is 1. The number of hydrogen-bond acceptors (Lipinski definition) is 6. The molecule has 0 aromatic heterocycles. The Balaban J connectivity index is 2.79. The number of phenolic OH excluding ortho intramolecular Hbond substituents is 1. The van der Waals surface area contributed by atoms with Crippen LogP contribution in [0.3, 0.4) is 0 Å². The summed E-state index contributed by atoms with van der Waals surface area (Å²) in [5.41, 5.74) is 5.77. The summed E-state index contributed by atoms with van der Waals surface area (Å²) in [7, 11) is 1.21. The van der Waals surface area contributed by atoms with Gasteiger partial charge in [-0.05, 0) is 17.7 Å². The van der Waals surface area contributed by atoms with Gasteiger partial charge in [0.1, 0.15) is 17.9 Å². The Morgan fingerprint density at radius 2 is 2.11 bits per heavy atom. The van der Waals surface area contributed by atoms with E-state index < -0.39 is 11.9 Å². The molecule has 98 valence electrons. The molecule has 6 heteroatoms. The number of methoxy groups -OCH3 is 1. The topological polar surface area (TPSA) is 98.9 Å². The van der Waals surface area contributed by atoms with Crippen LogP contribution in [0.25, 0.3) is 0 Å². The van der Waals surface area contributed by atoms with Gasteiger partial charge in [0.2, 0.25) is 0 Å². The second kappa shape index (κ2) is 6.61. The summed E-state index contributed by atoms with van der Waals surface area (Å²) in [6, 6.07) is 4.26. The molecule has 1 rings (SSSR count). The quantitative estimate of drug-likeness (QED) is 0.728. The number of hydrogen-bond donors (Lipinski definition) is 2. The molecule has 0 atom stereocenters. The molecule has 0 heterocycles. The first kappa shape index (κ1) is 14.0. The van der Waals surface area contributed by atoms with Crippen LogP contribution in [0.15, 0.2) is 18.2 Å². The number of ether oxygens (including phenoxy) is 2. The van der Waals surface area contributed by atoms with Gasteiger partial charge in [-0.3, -0.25) is 4.79 Å². The van der Waals surface area contributed by atoms with Gasteiger partial charge < -0.3 is 20.3 Å². The highest BCUT2D eigenvalue weighted by Gasteiger charge is 2.13. The predicted molar refractivity (Wildman–Crippen MR) is 63.2 cm³/mol. The third-order valence-electron chi connectivity index (χ3n) is 2.20. The van der Waals surface area contributed by atoms with E-state index in [1.807, 2.05) is 0 Å². The lowest BCUT2D eigenvalue weighted by Crippen LogP contribution is -2.15. The molecule has 0 saturated heterocycles. The van der Waals surface area contributed by atoms with Crippen molar-refractivity contribution in [1.82, 2.24) is 0 Å². The van der Waals surface area contributed by atoms with Crippen LogP contribution >= 0.6 is 0 Å². The van der Waals surface area contributed by atoms with Crippen LogP contribution in [-0.2, 0) is 20.7 Å². The number of carbonyl (C=O) groups excluding carboxylic acids is 2. The second-order valence-electron chi connectivity index (χ2n) is 3.53. The van der Waals surface area contributed by atoms with E-state index >= 15 is 0 Å². The molecule has 0 aliphatic carbocycles. The summed E-state index contributed by atoms with van der Waals surface area (Å²) in [5, 5.41) is 9.48. The van der Waals surface area contributed by atoms with E-state index in [0.717, 1.165) is 0 Å². The minimum atomic E-state index is -0.662. The fourth-order valence-corrected chi connectivity index (χ4v) is 1.36. The molecular weight excluding hydrogens is 238 g/mol. The highest BCUT2D eigenvalue weighted by molar-refractivity contribution is 5.92. The van der Waals surface area contributed by atoms with Crippen LogP contribution in [0, 0.1) is 0 Å². The Hall–Kier alpha value is -2.08. The molecule has 0 bridgehead atoms. The fraction of sp³-hybridized carbons (Fsp3) is 0.333. The SMILES string of the molecule is COC(=O)c1cc(CC(=O)OCCN)ccc1O. The van der Waals surface area contributed by atoms with Gasteiger partial charge in [0.05, 0.1) is 13.5 Å². The van der Waals surface area contributed by atoms with Crippen molar-refractivity contribution in [1.29, 1.82) is 0 Å². The molecule has 0 radical (unpaired) electrons. The van der Waals surface area contributed by atoms with Gasteiger partial charge in [-0.25, -0.2) is 4.79 Å². The summed E-state index contributed by atoms with van der Waals surface area (Å²) < 4.78 is 9.32. The number of phenols is 1. The monoisotopic (exact) mass is 253 g/mol. The standard InChI is InChI=1S/C12H15NO5/c1-17-12(16)9-6-8(2-3-10(9)14)7-11(15)18-5-4-13/h2-3,6,14H,4-5,7,13H2,1H3. The summed E-state index contributed by atoms with van der Waals surface area (Å²) in [6.07, 6.45) is 0.00424. The van der Waals surface area contributed by atoms with Crippen molar-refractivity contribution in [2.45, 2.75) is 6.42 Å². The first-order valence-electron chi connectivity index (χ1n) is 5.34. The van der Waals surface area contributed by atoms with E-state index in [1.54, 1.807) is 0 Å². The van der Waals surface area contributed by atoms with Crippen LogP contribution in [-0.4, -0.2) is 37.3 Å². The number of rotatable bonds is 5. The molecule has 0 saturated carbocycles. The maximum absolute atomic E-state index is 11.4. The lowest BCUT2D eigenvalue weighted by molar-refractivity contribution is -0.142. The Morgan fingerprint density at radius 3 is 2.72 bits per heavy atom. The molecule has 0 spiro atoms. The average molecular weight is 253 g/mol. The first-order valence-corrected chi connectivity index (χ1v) is 5.34. The van der Waals surface area contributed by atoms with Gasteiger partial charge in [0.15, 0.2) is 0 Å². The highest BCUT2D eigenvalue weighted by atomic mass is 16.5. The van der Waals surface area contributed by atoms with Crippen molar-refractivity contribution >= 4 is 11.9 Å². The molecule has 0 unspecified atom stereocenters. The number of esters is 2. The van der Waals surface area contributed by atoms with Gasteiger partial charge in [-0.2, -0.15) is 0 Å². The van der Waals surface area contributed by atoms with E-state index in [-0.39, 0.29) is 30.9 Å². The number of benzene rings is 1. The molecule has 0 amide bonds. The van der Waals surface area contributed by atoms with Gasteiger partial charge in [-0.15, -0.1) is 0 Å². The molecule has 3 N–H and O–H groups in total. The summed E-state index contributed by atoms with van der Waals surface area (Å²) >= 11 is 0. The number of aromatic hydroxyl groups is 1. The molecule has 0 aliphatic rings. The Bertz CT molecular complexity index is 444. The molecule has 1 aromatic carbocycles. The van der Waals surface area contributed by atoms with Crippen molar-refractivity contribution in [2.24, 2.45) is 5.73 Å².